The predicted molar refractivity (Wildman–Crippen MR) is 76.0 cm³/mol. The van der Waals surface area contributed by atoms with Crippen molar-refractivity contribution >= 4 is 22.9 Å². The van der Waals surface area contributed by atoms with E-state index in [9.17, 15) is 4.39 Å². The molecule has 96 valence electrons. The average Bonchev–Trinajstić information content (AvgIpc) is 2.73. The van der Waals surface area contributed by atoms with Gasteiger partial charge in [-0.05, 0) is 47.5 Å². The molecular weight excluding hydrogens is 269 g/mol. The van der Waals surface area contributed by atoms with E-state index in [1.807, 2.05) is 13.8 Å². The van der Waals surface area contributed by atoms with Gasteiger partial charge in [0.1, 0.15) is 5.82 Å². The fourth-order valence-corrected chi connectivity index (χ4v) is 3.03. The van der Waals surface area contributed by atoms with Crippen molar-refractivity contribution in [3.63, 3.8) is 0 Å². The Balaban J connectivity index is 2.45. The minimum atomic E-state index is -0.265. The number of thiophene rings is 1. The van der Waals surface area contributed by atoms with E-state index in [0.717, 1.165) is 12.1 Å². The molecule has 0 amide bonds. The van der Waals surface area contributed by atoms with Crippen molar-refractivity contribution in [1.29, 1.82) is 0 Å². The fourth-order valence-electron chi connectivity index (χ4n) is 1.99. The maximum atomic E-state index is 14.0. The first-order valence-electron chi connectivity index (χ1n) is 5.84. The molecule has 1 aromatic heterocycles. The summed E-state index contributed by atoms with van der Waals surface area (Å²) in [5.74, 6) is -0.265. The summed E-state index contributed by atoms with van der Waals surface area (Å²) in [5, 5.41) is 7.89. The van der Waals surface area contributed by atoms with Crippen LogP contribution in [0.3, 0.4) is 0 Å². The number of rotatable bonds is 4. The SMILES string of the molecule is CCNC(c1cscc1C)c1ccc(Cl)cc1F. The van der Waals surface area contributed by atoms with Crippen LogP contribution in [0.4, 0.5) is 4.39 Å². The Morgan fingerprint density at radius 3 is 2.67 bits per heavy atom. The maximum Gasteiger partial charge on any atom is 0.129 e. The molecule has 0 aliphatic rings. The van der Waals surface area contributed by atoms with E-state index in [1.54, 1.807) is 23.5 Å². The molecule has 2 aromatic rings. The van der Waals surface area contributed by atoms with Crippen LogP contribution in [0.25, 0.3) is 0 Å². The third-order valence-electron chi connectivity index (χ3n) is 2.89. The van der Waals surface area contributed by atoms with Gasteiger partial charge in [-0.15, -0.1) is 0 Å². The highest BCUT2D eigenvalue weighted by Gasteiger charge is 2.19. The van der Waals surface area contributed by atoms with E-state index < -0.39 is 0 Å². The third-order valence-corrected chi connectivity index (χ3v) is 4.00. The lowest BCUT2D eigenvalue weighted by Gasteiger charge is -2.19. The largest absolute Gasteiger partial charge is 0.306 e. The third kappa shape index (κ3) is 2.74. The van der Waals surface area contributed by atoms with E-state index >= 15 is 0 Å². The van der Waals surface area contributed by atoms with Crippen molar-refractivity contribution in [1.82, 2.24) is 5.32 Å². The Morgan fingerprint density at radius 1 is 1.33 bits per heavy atom. The first-order valence-corrected chi connectivity index (χ1v) is 7.16. The van der Waals surface area contributed by atoms with Gasteiger partial charge in [0, 0.05) is 10.6 Å². The molecule has 2 rings (SSSR count). The molecule has 1 atom stereocenters. The molecule has 1 aromatic carbocycles. The maximum absolute atomic E-state index is 14.0. The minimum Gasteiger partial charge on any atom is -0.306 e. The molecule has 4 heteroatoms. The average molecular weight is 284 g/mol. The van der Waals surface area contributed by atoms with Gasteiger partial charge in [-0.2, -0.15) is 11.3 Å². The number of halogens is 2. The van der Waals surface area contributed by atoms with Crippen LogP contribution >= 0.6 is 22.9 Å². The zero-order chi connectivity index (χ0) is 13.1. The Hall–Kier alpha value is -0.900. The minimum absolute atomic E-state index is 0.112. The molecule has 0 spiro atoms. The zero-order valence-electron chi connectivity index (χ0n) is 10.3. The van der Waals surface area contributed by atoms with Gasteiger partial charge in [0.25, 0.3) is 0 Å². The fraction of sp³-hybridized carbons (Fsp3) is 0.286. The number of aryl methyl sites for hydroxylation is 1. The number of benzene rings is 1. The molecule has 1 unspecified atom stereocenters. The van der Waals surface area contributed by atoms with Crippen molar-refractivity contribution in [3.8, 4) is 0 Å². The molecule has 0 radical (unpaired) electrons. The summed E-state index contributed by atoms with van der Waals surface area (Å²) in [7, 11) is 0. The van der Waals surface area contributed by atoms with E-state index in [2.05, 4.69) is 16.1 Å². The van der Waals surface area contributed by atoms with Gasteiger partial charge in [0.2, 0.25) is 0 Å². The van der Waals surface area contributed by atoms with Gasteiger partial charge in [-0.1, -0.05) is 24.6 Å². The van der Waals surface area contributed by atoms with Gasteiger partial charge >= 0.3 is 0 Å². The smallest absolute Gasteiger partial charge is 0.129 e. The first-order chi connectivity index (χ1) is 8.63. The van der Waals surface area contributed by atoms with Crippen LogP contribution in [0.2, 0.25) is 5.02 Å². The Labute approximate surface area is 116 Å². The summed E-state index contributed by atoms with van der Waals surface area (Å²) in [6, 6.07) is 4.73. The molecule has 1 nitrogen and oxygen atoms in total. The van der Waals surface area contributed by atoms with Crippen molar-refractivity contribution in [3.05, 3.63) is 56.5 Å². The van der Waals surface area contributed by atoms with Crippen LogP contribution in [0.5, 0.6) is 0 Å². The number of hydrogen-bond acceptors (Lipinski definition) is 2. The second-order valence-electron chi connectivity index (χ2n) is 4.17. The van der Waals surface area contributed by atoms with Crippen LogP contribution in [0, 0.1) is 12.7 Å². The zero-order valence-corrected chi connectivity index (χ0v) is 11.9. The highest BCUT2D eigenvalue weighted by molar-refractivity contribution is 7.08. The summed E-state index contributed by atoms with van der Waals surface area (Å²) in [4.78, 5) is 0. The van der Waals surface area contributed by atoms with Crippen LogP contribution < -0.4 is 5.32 Å². The number of nitrogens with one attached hydrogen (secondary N) is 1. The van der Waals surface area contributed by atoms with Gasteiger partial charge < -0.3 is 5.32 Å². The van der Waals surface area contributed by atoms with E-state index in [-0.39, 0.29) is 11.9 Å². The lowest BCUT2D eigenvalue weighted by atomic mass is 9.98. The molecule has 1 heterocycles. The lowest BCUT2D eigenvalue weighted by molar-refractivity contribution is 0.559. The van der Waals surface area contributed by atoms with Crippen molar-refractivity contribution < 1.29 is 4.39 Å². The second-order valence-corrected chi connectivity index (χ2v) is 5.35. The van der Waals surface area contributed by atoms with Crippen LogP contribution in [-0.2, 0) is 0 Å². The van der Waals surface area contributed by atoms with Crippen LogP contribution in [0.15, 0.2) is 29.0 Å². The molecule has 0 aliphatic carbocycles. The first kappa shape index (κ1) is 13.5. The summed E-state index contributed by atoms with van der Waals surface area (Å²) in [6.45, 7) is 4.84. The van der Waals surface area contributed by atoms with Gasteiger partial charge in [0.15, 0.2) is 0 Å². The molecular formula is C14H15ClFNS. The summed E-state index contributed by atoms with van der Waals surface area (Å²) < 4.78 is 14.0. The summed E-state index contributed by atoms with van der Waals surface area (Å²) >= 11 is 7.43. The quantitative estimate of drug-likeness (QED) is 0.868. The highest BCUT2D eigenvalue weighted by atomic mass is 35.5. The molecule has 0 aliphatic heterocycles. The molecule has 1 N–H and O–H groups in total. The molecule has 0 bridgehead atoms. The predicted octanol–water partition coefficient (Wildman–Crippen LogP) is 4.55. The van der Waals surface area contributed by atoms with Crippen LogP contribution in [0.1, 0.15) is 29.7 Å². The van der Waals surface area contributed by atoms with Crippen molar-refractivity contribution in [2.75, 3.05) is 6.54 Å². The van der Waals surface area contributed by atoms with E-state index in [0.29, 0.717) is 10.6 Å². The molecule has 0 saturated heterocycles. The highest BCUT2D eigenvalue weighted by Crippen LogP contribution is 2.30. The standard InChI is InChI=1S/C14H15ClFNS/c1-3-17-14(12-8-18-7-9(12)2)11-5-4-10(15)6-13(11)16/h4-8,14,17H,3H2,1-2H3. The van der Waals surface area contributed by atoms with E-state index in [1.165, 1.54) is 11.6 Å². The molecule has 0 saturated carbocycles. The Bertz CT molecular complexity index is 538. The van der Waals surface area contributed by atoms with Gasteiger partial charge in [-0.3, -0.25) is 0 Å². The lowest BCUT2D eigenvalue weighted by Crippen LogP contribution is -2.23. The summed E-state index contributed by atoms with van der Waals surface area (Å²) in [5.41, 5.74) is 2.95. The van der Waals surface area contributed by atoms with Crippen LogP contribution in [-0.4, -0.2) is 6.54 Å². The second kappa shape index (κ2) is 5.83. The van der Waals surface area contributed by atoms with Gasteiger partial charge in [-0.25, -0.2) is 4.39 Å². The molecule has 0 fully saturated rings. The van der Waals surface area contributed by atoms with Gasteiger partial charge in [0.05, 0.1) is 6.04 Å². The molecule has 18 heavy (non-hydrogen) atoms. The number of hydrogen-bond donors (Lipinski definition) is 1. The monoisotopic (exact) mass is 283 g/mol. The Morgan fingerprint density at radius 2 is 2.11 bits per heavy atom. The topological polar surface area (TPSA) is 12.0 Å². The Kier molecular flexibility index (Phi) is 4.38. The van der Waals surface area contributed by atoms with E-state index in [4.69, 9.17) is 11.6 Å². The normalized spacial score (nSPS) is 12.7. The summed E-state index contributed by atoms with van der Waals surface area (Å²) in [6.07, 6.45) is 0. The van der Waals surface area contributed by atoms with Crippen molar-refractivity contribution in [2.45, 2.75) is 19.9 Å². The van der Waals surface area contributed by atoms with Crippen molar-refractivity contribution in [2.24, 2.45) is 0 Å².